The second kappa shape index (κ2) is 8.27. The molecule has 1 aromatic carbocycles. The number of hydrogen-bond acceptors (Lipinski definition) is 4. The second-order valence-corrected chi connectivity index (χ2v) is 6.66. The van der Waals surface area contributed by atoms with Gasteiger partial charge in [0.15, 0.2) is 0 Å². The first-order valence-electron chi connectivity index (χ1n) is 8.32. The molecular weight excluding hydrogens is 298 g/mol. The van der Waals surface area contributed by atoms with Crippen LogP contribution in [0.2, 0.25) is 5.02 Å². The van der Waals surface area contributed by atoms with Crippen molar-refractivity contribution in [3.63, 3.8) is 0 Å². The number of likely N-dealkylation sites (tertiary alicyclic amines) is 1. The predicted octanol–water partition coefficient (Wildman–Crippen LogP) is 2.32. The molecule has 122 valence electrons. The van der Waals surface area contributed by atoms with Gasteiger partial charge in [-0.25, -0.2) is 0 Å². The third-order valence-electron chi connectivity index (χ3n) is 4.46. The van der Waals surface area contributed by atoms with Gasteiger partial charge in [0.05, 0.1) is 13.3 Å². The Balaban J connectivity index is 1.48. The molecule has 2 saturated heterocycles. The molecule has 3 rings (SSSR count). The summed E-state index contributed by atoms with van der Waals surface area (Å²) in [5.74, 6) is 0. The van der Waals surface area contributed by atoms with Crippen LogP contribution >= 0.6 is 11.6 Å². The van der Waals surface area contributed by atoms with Crippen LogP contribution in [0.1, 0.15) is 24.0 Å². The van der Waals surface area contributed by atoms with Crippen molar-refractivity contribution in [3.05, 3.63) is 34.3 Å². The van der Waals surface area contributed by atoms with Gasteiger partial charge >= 0.3 is 0 Å². The van der Waals surface area contributed by atoms with Crippen LogP contribution in [0.4, 0.5) is 0 Å². The van der Waals surface area contributed by atoms with Gasteiger partial charge in [-0.1, -0.05) is 23.7 Å². The van der Waals surface area contributed by atoms with E-state index in [9.17, 15) is 0 Å². The molecule has 5 heteroatoms. The molecule has 2 heterocycles. The van der Waals surface area contributed by atoms with Crippen LogP contribution in [-0.4, -0.2) is 55.8 Å². The van der Waals surface area contributed by atoms with Gasteiger partial charge in [0.2, 0.25) is 0 Å². The number of piperazine rings is 1. The van der Waals surface area contributed by atoms with E-state index in [0.717, 1.165) is 50.0 Å². The summed E-state index contributed by atoms with van der Waals surface area (Å²) in [6.45, 7) is 8.99. The normalized spacial score (nSPS) is 20.6. The monoisotopic (exact) mass is 323 g/mol. The molecule has 0 aromatic heterocycles. The van der Waals surface area contributed by atoms with Crippen LogP contribution in [0.5, 0.6) is 0 Å². The number of nitrogens with zero attached hydrogens (tertiary/aromatic N) is 2. The van der Waals surface area contributed by atoms with Gasteiger partial charge in [-0.2, -0.15) is 0 Å². The van der Waals surface area contributed by atoms with Crippen molar-refractivity contribution in [1.29, 1.82) is 0 Å². The number of hydrogen-bond donors (Lipinski definition) is 1. The number of ether oxygens (including phenoxy) is 1. The fourth-order valence-electron chi connectivity index (χ4n) is 3.12. The molecule has 0 bridgehead atoms. The third-order valence-corrected chi connectivity index (χ3v) is 4.81. The fourth-order valence-corrected chi connectivity index (χ4v) is 3.39. The minimum absolute atomic E-state index is 0.643. The van der Waals surface area contributed by atoms with Crippen molar-refractivity contribution >= 4 is 11.6 Å². The van der Waals surface area contributed by atoms with Crippen molar-refractivity contribution in [2.24, 2.45) is 0 Å². The van der Waals surface area contributed by atoms with Crippen molar-refractivity contribution in [2.75, 3.05) is 46.0 Å². The van der Waals surface area contributed by atoms with Crippen LogP contribution in [0.25, 0.3) is 0 Å². The molecule has 0 aliphatic carbocycles. The molecule has 2 aliphatic heterocycles. The van der Waals surface area contributed by atoms with Gasteiger partial charge in [0, 0.05) is 50.8 Å². The molecule has 0 saturated carbocycles. The molecule has 0 atom stereocenters. The zero-order valence-corrected chi connectivity index (χ0v) is 13.9. The average Bonchev–Trinajstić information content (AvgIpc) is 3.04. The summed E-state index contributed by atoms with van der Waals surface area (Å²) >= 11 is 6.45. The Morgan fingerprint density at radius 1 is 1.05 bits per heavy atom. The van der Waals surface area contributed by atoms with Gasteiger partial charge in [0.25, 0.3) is 0 Å². The molecular formula is C17H26ClN3O. The van der Waals surface area contributed by atoms with E-state index in [0.29, 0.717) is 6.61 Å². The summed E-state index contributed by atoms with van der Waals surface area (Å²) in [6.07, 6.45) is 2.60. The highest BCUT2D eigenvalue weighted by atomic mass is 35.5. The van der Waals surface area contributed by atoms with Crippen molar-refractivity contribution in [2.45, 2.75) is 26.0 Å². The van der Waals surface area contributed by atoms with E-state index in [1.54, 1.807) is 0 Å². The topological polar surface area (TPSA) is 27.7 Å². The van der Waals surface area contributed by atoms with E-state index in [1.165, 1.54) is 31.5 Å². The number of halogens is 1. The summed E-state index contributed by atoms with van der Waals surface area (Å²) in [5.41, 5.74) is 2.38. The average molecular weight is 324 g/mol. The molecule has 2 aliphatic rings. The highest BCUT2D eigenvalue weighted by molar-refractivity contribution is 6.31. The zero-order valence-electron chi connectivity index (χ0n) is 13.2. The first-order valence-corrected chi connectivity index (χ1v) is 8.69. The lowest BCUT2D eigenvalue weighted by molar-refractivity contribution is 0.0312. The smallest absolute Gasteiger partial charge is 0.0994 e. The summed E-state index contributed by atoms with van der Waals surface area (Å²) < 4.78 is 5.80. The summed E-state index contributed by atoms with van der Waals surface area (Å²) in [6, 6.07) is 6.36. The Morgan fingerprint density at radius 3 is 2.55 bits per heavy atom. The highest BCUT2D eigenvalue weighted by Gasteiger charge is 2.13. The lowest BCUT2D eigenvalue weighted by Crippen LogP contribution is -2.42. The number of benzene rings is 1. The summed E-state index contributed by atoms with van der Waals surface area (Å²) in [5, 5.41) is 4.24. The molecule has 0 radical (unpaired) electrons. The Hall–Kier alpha value is -0.650. The minimum atomic E-state index is 0.643. The number of nitrogens with one attached hydrogen (secondary N) is 1. The Kier molecular flexibility index (Phi) is 6.10. The fraction of sp³-hybridized carbons (Fsp3) is 0.647. The molecule has 4 nitrogen and oxygen atoms in total. The standard InChI is InChI=1S/C17H26ClN3O/c18-17-11-15(13-22-14-21-7-1-2-8-21)3-4-16(17)12-20-9-5-19-6-10-20/h3-4,11,19H,1-2,5-10,12-14H2. The van der Waals surface area contributed by atoms with E-state index in [4.69, 9.17) is 16.3 Å². The Labute approximate surface area is 138 Å². The molecule has 1 aromatic rings. The lowest BCUT2D eigenvalue weighted by Gasteiger charge is -2.27. The third kappa shape index (κ3) is 4.67. The SMILES string of the molecule is Clc1cc(COCN2CCCC2)ccc1CN1CCNCC1. The maximum absolute atomic E-state index is 6.45. The van der Waals surface area contributed by atoms with Crippen LogP contribution in [0, 0.1) is 0 Å². The summed E-state index contributed by atoms with van der Waals surface area (Å²) in [7, 11) is 0. The predicted molar refractivity (Wildman–Crippen MR) is 90.1 cm³/mol. The van der Waals surface area contributed by atoms with E-state index in [1.807, 2.05) is 0 Å². The Bertz CT molecular complexity index is 471. The largest absolute Gasteiger partial charge is 0.361 e. The first-order chi connectivity index (χ1) is 10.8. The number of rotatable bonds is 6. The van der Waals surface area contributed by atoms with Gasteiger partial charge in [-0.3, -0.25) is 9.80 Å². The van der Waals surface area contributed by atoms with Crippen molar-refractivity contribution < 1.29 is 4.74 Å². The van der Waals surface area contributed by atoms with Crippen molar-refractivity contribution in [1.82, 2.24) is 15.1 Å². The van der Waals surface area contributed by atoms with Gasteiger partial charge in [-0.15, -0.1) is 0 Å². The van der Waals surface area contributed by atoms with E-state index < -0.39 is 0 Å². The van der Waals surface area contributed by atoms with E-state index >= 15 is 0 Å². The van der Waals surface area contributed by atoms with E-state index in [2.05, 4.69) is 33.3 Å². The van der Waals surface area contributed by atoms with Crippen LogP contribution in [-0.2, 0) is 17.9 Å². The van der Waals surface area contributed by atoms with Crippen LogP contribution < -0.4 is 5.32 Å². The molecule has 22 heavy (non-hydrogen) atoms. The first kappa shape index (κ1) is 16.2. The van der Waals surface area contributed by atoms with Crippen LogP contribution in [0.15, 0.2) is 18.2 Å². The van der Waals surface area contributed by atoms with Crippen LogP contribution in [0.3, 0.4) is 0 Å². The maximum atomic E-state index is 6.45. The molecule has 0 unspecified atom stereocenters. The lowest BCUT2D eigenvalue weighted by atomic mass is 10.1. The van der Waals surface area contributed by atoms with Gasteiger partial charge in [-0.05, 0) is 30.0 Å². The molecule has 1 N–H and O–H groups in total. The molecule has 0 spiro atoms. The summed E-state index contributed by atoms with van der Waals surface area (Å²) in [4.78, 5) is 4.81. The highest BCUT2D eigenvalue weighted by Crippen LogP contribution is 2.20. The quantitative estimate of drug-likeness (QED) is 0.869. The second-order valence-electron chi connectivity index (χ2n) is 6.25. The minimum Gasteiger partial charge on any atom is -0.361 e. The van der Waals surface area contributed by atoms with E-state index in [-0.39, 0.29) is 0 Å². The van der Waals surface area contributed by atoms with Crippen molar-refractivity contribution in [3.8, 4) is 0 Å². The molecule has 0 amide bonds. The van der Waals surface area contributed by atoms with Gasteiger partial charge in [0.1, 0.15) is 0 Å². The maximum Gasteiger partial charge on any atom is 0.0994 e. The zero-order chi connectivity index (χ0) is 15.2. The van der Waals surface area contributed by atoms with Gasteiger partial charge < -0.3 is 10.1 Å². The Morgan fingerprint density at radius 2 is 1.82 bits per heavy atom. The molecule has 2 fully saturated rings.